The molecule has 0 aliphatic carbocycles. The lowest BCUT2D eigenvalue weighted by Gasteiger charge is -2.57. The number of alkyl halides is 2. The van der Waals surface area contributed by atoms with Crippen LogP contribution in [0.5, 0.6) is 5.75 Å². The zero-order valence-corrected chi connectivity index (χ0v) is 28.5. The number of hydrogen-bond acceptors (Lipinski definition) is 6. The van der Waals surface area contributed by atoms with Crippen molar-refractivity contribution in [3.05, 3.63) is 102 Å². The van der Waals surface area contributed by atoms with E-state index in [9.17, 15) is 28.6 Å². The SMILES string of the molecule is CCC1(C(=O)O)C(C)NC(C)C(CCOCCN2CCC(c3ccccc3)(c3ccccc3)CC2)(C(=O)O)[C@@H]1c1ccccc1OC(F)F. The van der Waals surface area contributed by atoms with E-state index < -0.39 is 47.4 Å². The molecule has 2 aliphatic rings. The van der Waals surface area contributed by atoms with Crippen molar-refractivity contribution < 1.29 is 38.1 Å². The van der Waals surface area contributed by atoms with Gasteiger partial charge in [0.15, 0.2) is 0 Å². The van der Waals surface area contributed by atoms with Crippen LogP contribution in [-0.4, -0.2) is 78.6 Å². The Morgan fingerprint density at radius 1 is 0.837 bits per heavy atom. The van der Waals surface area contributed by atoms with Gasteiger partial charge in [-0.3, -0.25) is 9.59 Å². The van der Waals surface area contributed by atoms with Crippen molar-refractivity contribution in [2.75, 3.05) is 32.8 Å². The normalized spacial score (nSPS) is 27.1. The monoisotopic (exact) mass is 678 g/mol. The van der Waals surface area contributed by atoms with Crippen molar-refractivity contribution in [3.63, 3.8) is 0 Å². The third-order valence-corrected chi connectivity index (χ3v) is 11.5. The first-order valence-corrected chi connectivity index (χ1v) is 17.2. The lowest BCUT2D eigenvalue weighted by molar-refractivity contribution is -0.175. The molecule has 0 spiro atoms. The molecule has 2 heterocycles. The Labute approximate surface area is 287 Å². The van der Waals surface area contributed by atoms with Crippen LogP contribution >= 0.6 is 0 Å². The van der Waals surface area contributed by atoms with Crippen LogP contribution in [0.1, 0.15) is 69.1 Å². The van der Waals surface area contributed by atoms with Crippen molar-refractivity contribution in [3.8, 4) is 5.75 Å². The van der Waals surface area contributed by atoms with Crippen molar-refractivity contribution in [2.45, 2.75) is 76.5 Å². The number of carboxylic acid groups (broad SMARTS) is 2. The minimum Gasteiger partial charge on any atom is -0.481 e. The van der Waals surface area contributed by atoms with E-state index in [1.54, 1.807) is 26.8 Å². The molecule has 3 aromatic rings. The van der Waals surface area contributed by atoms with Crippen molar-refractivity contribution >= 4 is 11.9 Å². The Morgan fingerprint density at radius 2 is 1.37 bits per heavy atom. The predicted molar refractivity (Wildman–Crippen MR) is 183 cm³/mol. The molecule has 8 nitrogen and oxygen atoms in total. The quantitative estimate of drug-likeness (QED) is 0.160. The van der Waals surface area contributed by atoms with Gasteiger partial charge < -0.3 is 29.9 Å². The standard InChI is InChI=1S/C39H48F2N2O6/c1-4-38(34(44)45)27(2)42-28(3)39(35(46)47,33(38)31-17-11-12-18-32(31)49-36(40)41)21-25-48-26-24-43-22-19-37(20-23-43,29-13-7-5-8-14-29)30-15-9-6-10-16-30/h5-18,27-28,33,36,42H,4,19-26H2,1-3H3,(H,44,45)(H,46,47)/t27?,28?,33-,38?,39?/m1/s1. The van der Waals surface area contributed by atoms with Gasteiger partial charge in [0.2, 0.25) is 0 Å². The van der Waals surface area contributed by atoms with Crippen LogP contribution in [0.25, 0.3) is 0 Å². The highest BCUT2D eigenvalue weighted by Gasteiger charge is 2.66. The van der Waals surface area contributed by atoms with E-state index >= 15 is 0 Å². The Hall–Kier alpha value is -3.86. The summed E-state index contributed by atoms with van der Waals surface area (Å²) >= 11 is 0. The molecule has 2 fully saturated rings. The highest BCUT2D eigenvalue weighted by Crippen LogP contribution is 2.60. The van der Waals surface area contributed by atoms with E-state index in [2.05, 4.69) is 58.7 Å². The van der Waals surface area contributed by atoms with Crippen LogP contribution in [0, 0.1) is 10.8 Å². The fourth-order valence-electron chi connectivity index (χ4n) is 8.81. The lowest BCUT2D eigenvalue weighted by atomic mass is 9.50. The summed E-state index contributed by atoms with van der Waals surface area (Å²) in [7, 11) is 0. The van der Waals surface area contributed by atoms with Crippen LogP contribution in [0.4, 0.5) is 8.78 Å². The van der Waals surface area contributed by atoms with Crippen LogP contribution < -0.4 is 10.1 Å². The summed E-state index contributed by atoms with van der Waals surface area (Å²) in [4.78, 5) is 29.0. The maximum Gasteiger partial charge on any atom is 0.387 e. The molecule has 4 unspecified atom stereocenters. The second kappa shape index (κ2) is 15.4. The number of aliphatic carboxylic acids is 2. The third-order valence-electron chi connectivity index (χ3n) is 11.5. The summed E-state index contributed by atoms with van der Waals surface area (Å²) in [5.74, 6) is -3.83. The smallest absolute Gasteiger partial charge is 0.387 e. The maximum absolute atomic E-state index is 13.6. The molecular formula is C39H48F2N2O6. The van der Waals surface area contributed by atoms with E-state index in [1.165, 1.54) is 29.3 Å². The largest absolute Gasteiger partial charge is 0.481 e. The molecule has 0 radical (unpaired) electrons. The van der Waals surface area contributed by atoms with E-state index in [1.807, 2.05) is 12.1 Å². The van der Waals surface area contributed by atoms with Crippen LogP contribution in [0.2, 0.25) is 0 Å². The molecule has 5 atom stereocenters. The number of rotatable bonds is 14. The molecule has 49 heavy (non-hydrogen) atoms. The zero-order valence-electron chi connectivity index (χ0n) is 28.5. The van der Waals surface area contributed by atoms with E-state index in [0.29, 0.717) is 13.2 Å². The molecular weight excluding hydrogens is 630 g/mol. The summed E-state index contributed by atoms with van der Waals surface area (Å²) in [6.45, 7) is 4.76. The van der Waals surface area contributed by atoms with Gasteiger partial charge in [-0.1, -0.05) is 85.8 Å². The molecule has 10 heteroatoms. The predicted octanol–water partition coefficient (Wildman–Crippen LogP) is 6.79. The molecule has 3 aromatic carbocycles. The molecule has 0 aromatic heterocycles. The molecule has 0 saturated carbocycles. The molecule has 0 bridgehead atoms. The van der Waals surface area contributed by atoms with Gasteiger partial charge in [-0.2, -0.15) is 8.78 Å². The van der Waals surface area contributed by atoms with Crippen LogP contribution in [-0.2, 0) is 19.7 Å². The second-order valence-electron chi connectivity index (χ2n) is 13.5. The molecule has 3 N–H and O–H groups in total. The summed E-state index contributed by atoms with van der Waals surface area (Å²) < 4.78 is 38.1. The van der Waals surface area contributed by atoms with Crippen molar-refractivity contribution in [1.82, 2.24) is 10.2 Å². The lowest BCUT2D eigenvalue weighted by Crippen LogP contribution is -2.69. The second-order valence-corrected chi connectivity index (χ2v) is 13.5. The summed E-state index contributed by atoms with van der Waals surface area (Å²) in [6.07, 6.45) is 1.92. The van der Waals surface area contributed by atoms with Crippen molar-refractivity contribution in [2.24, 2.45) is 10.8 Å². The minimum atomic E-state index is -3.17. The van der Waals surface area contributed by atoms with E-state index in [-0.39, 0.29) is 36.2 Å². The number of nitrogens with one attached hydrogen (secondary N) is 1. The first-order valence-electron chi connectivity index (χ1n) is 17.2. The molecule has 2 aliphatic heterocycles. The van der Waals surface area contributed by atoms with Crippen LogP contribution in [0.3, 0.4) is 0 Å². The van der Waals surface area contributed by atoms with Gasteiger partial charge in [0.25, 0.3) is 0 Å². The zero-order chi connectivity index (χ0) is 35.2. The first-order chi connectivity index (χ1) is 23.5. The number of halogens is 2. The summed E-state index contributed by atoms with van der Waals surface area (Å²) in [5, 5.41) is 25.0. The molecule has 264 valence electrons. The first kappa shape index (κ1) is 36.4. The summed E-state index contributed by atoms with van der Waals surface area (Å²) in [6, 6.07) is 25.8. The Balaban J connectivity index is 1.33. The van der Waals surface area contributed by atoms with Gasteiger partial charge in [0.1, 0.15) is 5.75 Å². The fraction of sp³-hybridized carbons (Fsp3) is 0.487. The van der Waals surface area contributed by atoms with Gasteiger partial charge >= 0.3 is 18.6 Å². The fourth-order valence-corrected chi connectivity index (χ4v) is 8.81. The minimum absolute atomic E-state index is 0.0307. The Kier molecular flexibility index (Phi) is 11.4. The number of carbonyl (C=O) groups is 2. The molecule has 2 saturated heterocycles. The highest BCUT2D eigenvalue weighted by molar-refractivity contribution is 5.84. The van der Waals surface area contributed by atoms with Gasteiger partial charge in [0.05, 0.1) is 17.4 Å². The van der Waals surface area contributed by atoms with Crippen molar-refractivity contribution in [1.29, 1.82) is 0 Å². The number of para-hydroxylation sites is 1. The van der Waals surface area contributed by atoms with E-state index in [4.69, 9.17) is 9.47 Å². The Morgan fingerprint density at radius 3 is 1.90 bits per heavy atom. The number of likely N-dealkylation sites (tertiary alicyclic amines) is 1. The molecule has 5 rings (SSSR count). The van der Waals surface area contributed by atoms with Gasteiger partial charge in [-0.05, 0) is 75.4 Å². The average molecular weight is 679 g/mol. The highest BCUT2D eigenvalue weighted by atomic mass is 19.3. The van der Waals surface area contributed by atoms with Crippen LogP contribution in [0.15, 0.2) is 84.9 Å². The molecule has 0 amide bonds. The Bertz CT molecular complexity index is 1510. The number of hydrogen-bond donors (Lipinski definition) is 3. The number of piperidine rings is 2. The average Bonchev–Trinajstić information content (AvgIpc) is 3.10. The number of nitrogens with zero attached hydrogens (tertiary/aromatic N) is 1. The number of carboxylic acids is 2. The number of ether oxygens (including phenoxy) is 2. The topological polar surface area (TPSA) is 108 Å². The maximum atomic E-state index is 13.6. The van der Waals surface area contributed by atoms with Gasteiger partial charge in [0, 0.05) is 36.6 Å². The number of benzene rings is 3. The van der Waals surface area contributed by atoms with E-state index in [0.717, 1.165) is 25.9 Å². The van der Waals surface area contributed by atoms with Gasteiger partial charge in [-0.25, -0.2) is 0 Å². The third kappa shape index (κ3) is 6.83. The summed E-state index contributed by atoms with van der Waals surface area (Å²) in [5.41, 5.74) is -0.670. The van der Waals surface area contributed by atoms with Gasteiger partial charge in [-0.15, -0.1) is 0 Å².